The Labute approximate surface area is 199 Å². The molecule has 0 unspecified atom stereocenters. The van der Waals surface area contributed by atoms with E-state index in [2.05, 4.69) is 33.8 Å². The number of aromatic nitrogens is 2. The molecule has 5 heterocycles. The third-order valence-corrected chi connectivity index (χ3v) is 7.90. The standard InChI is InChI=1S/C25H33FN4O4/c1-24(2)11-20(13-32-24)34-22-4-3-18(26)9-21(22)17-5-7-29(8-6-17)19-10-25(33-12-19)14-30(15-25)23-28-27-16-31-23/h3-4,9,16-17,19-20H,5-8,10-15H2,1-2H3/t19-,20-/m0/s1. The van der Waals surface area contributed by atoms with Crippen LogP contribution in [-0.2, 0) is 9.47 Å². The number of anilines is 1. The van der Waals surface area contributed by atoms with E-state index >= 15 is 0 Å². The SMILES string of the molecule is CC1(C)C[C@H](Oc2ccc(F)cc2C2CCN([C@@H]3COC4(C3)CN(c3nnco3)C4)CC2)CO1. The van der Waals surface area contributed by atoms with Crippen molar-refractivity contribution in [2.75, 3.05) is 44.3 Å². The third kappa shape index (κ3) is 4.29. The number of piperidine rings is 1. The first-order valence-corrected chi connectivity index (χ1v) is 12.4. The van der Waals surface area contributed by atoms with E-state index in [1.807, 2.05) is 0 Å². The van der Waals surface area contributed by atoms with Gasteiger partial charge in [0.2, 0.25) is 6.39 Å². The van der Waals surface area contributed by atoms with E-state index in [0.29, 0.717) is 24.6 Å². The van der Waals surface area contributed by atoms with Gasteiger partial charge in [-0.15, -0.1) is 5.10 Å². The molecule has 0 bridgehead atoms. The molecular weight excluding hydrogens is 439 g/mol. The minimum absolute atomic E-state index is 0.0142. The maximum Gasteiger partial charge on any atom is 0.318 e. The summed E-state index contributed by atoms with van der Waals surface area (Å²) in [5.41, 5.74) is 0.730. The van der Waals surface area contributed by atoms with E-state index < -0.39 is 0 Å². The summed E-state index contributed by atoms with van der Waals surface area (Å²) in [6, 6.07) is 5.96. The zero-order valence-corrected chi connectivity index (χ0v) is 19.9. The maximum atomic E-state index is 14.2. The van der Waals surface area contributed by atoms with Gasteiger partial charge in [-0.25, -0.2) is 4.39 Å². The van der Waals surface area contributed by atoms with Crippen LogP contribution < -0.4 is 9.64 Å². The molecule has 4 aliphatic heterocycles. The van der Waals surface area contributed by atoms with Crippen LogP contribution in [0.5, 0.6) is 5.75 Å². The van der Waals surface area contributed by atoms with E-state index in [4.69, 9.17) is 18.6 Å². The van der Waals surface area contributed by atoms with Gasteiger partial charge < -0.3 is 23.5 Å². The fourth-order valence-corrected chi connectivity index (χ4v) is 6.13. The number of ether oxygens (including phenoxy) is 3. The summed E-state index contributed by atoms with van der Waals surface area (Å²) in [6.45, 7) is 9.07. The lowest BCUT2D eigenvalue weighted by molar-refractivity contribution is -0.0216. The van der Waals surface area contributed by atoms with Crippen LogP contribution in [0.4, 0.5) is 10.4 Å². The van der Waals surface area contributed by atoms with E-state index in [-0.39, 0.29) is 23.1 Å². The van der Waals surface area contributed by atoms with Gasteiger partial charge >= 0.3 is 6.01 Å². The summed E-state index contributed by atoms with van der Waals surface area (Å²) in [7, 11) is 0. The van der Waals surface area contributed by atoms with E-state index in [9.17, 15) is 4.39 Å². The van der Waals surface area contributed by atoms with Crippen molar-refractivity contribution in [1.82, 2.24) is 15.1 Å². The van der Waals surface area contributed by atoms with Crippen LogP contribution in [0.2, 0.25) is 0 Å². The average Bonchev–Trinajstić information content (AvgIpc) is 3.54. The number of benzene rings is 1. The van der Waals surface area contributed by atoms with Gasteiger partial charge in [-0.3, -0.25) is 4.90 Å². The van der Waals surface area contributed by atoms with Crippen molar-refractivity contribution in [2.24, 2.45) is 0 Å². The van der Waals surface area contributed by atoms with Gasteiger partial charge in [0.25, 0.3) is 0 Å². The van der Waals surface area contributed by atoms with Crippen molar-refractivity contribution in [3.8, 4) is 5.75 Å². The quantitative estimate of drug-likeness (QED) is 0.656. The molecule has 1 aromatic heterocycles. The van der Waals surface area contributed by atoms with Crippen molar-refractivity contribution >= 4 is 6.01 Å². The lowest BCUT2D eigenvalue weighted by Crippen LogP contribution is -2.62. The predicted molar refractivity (Wildman–Crippen MR) is 123 cm³/mol. The largest absolute Gasteiger partial charge is 0.488 e. The molecule has 0 aliphatic carbocycles. The summed E-state index contributed by atoms with van der Waals surface area (Å²) in [5, 5.41) is 7.75. The number of nitrogens with zero attached hydrogens (tertiary/aromatic N) is 4. The van der Waals surface area contributed by atoms with Gasteiger partial charge in [0, 0.05) is 18.0 Å². The highest BCUT2D eigenvalue weighted by atomic mass is 19.1. The second-order valence-electron chi connectivity index (χ2n) is 10.9. The molecule has 4 saturated heterocycles. The molecule has 4 fully saturated rings. The maximum absolute atomic E-state index is 14.2. The van der Waals surface area contributed by atoms with Gasteiger partial charge in [0.15, 0.2) is 0 Å². The van der Waals surface area contributed by atoms with Crippen LogP contribution in [0.15, 0.2) is 29.0 Å². The van der Waals surface area contributed by atoms with Crippen LogP contribution in [0.25, 0.3) is 0 Å². The molecular formula is C25H33FN4O4. The summed E-state index contributed by atoms with van der Waals surface area (Å²) in [4.78, 5) is 4.62. The highest BCUT2D eigenvalue weighted by Crippen LogP contribution is 2.41. The van der Waals surface area contributed by atoms with Gasteiger partial charge in [-0.05, 0) is 70.3 Å². The van der Waals surface area contributed by atoms with Crippen molar-refractivity contribution < 1.29 is 23.0 Å². The lowest BCUT2D eigenvalue weighted by atomic mass is 9.86. The Balaban J connectivity index is 1.05. The minimum atomic E-state index is -0.199. The number of hydrogen-bond acceptors (Lipinski definition) is 8. The van der Waals surface area contributed by atoms with Crippen molar-refractivity contribution in [3.63, 3.8) is 0 Å². The van der Waals surface area contributed by atoms with Crippen molar-refractivity contribution in [3.05, 3.63) is 36.0 Å². The highest BCUT2D eigenvalue weighted by Gasteiger charge is 2.52. The Morgan fingerprint density at radius 2 is 1.91 bits per heavy atom. The molecule has 6 rings (SSSR count). The zero-order chi connectivity index (χ0) is 23.3. The van der Waals surface area contributed by atoms with Crippen LogP contribution in [0.1, 0.15) is 51.0 Å². The van der Waals surface area contributed by atoms with Gasteiger partial charge in [-0.1, -0.05) is 5.10 Å². The molecule has 8 nitrogen and oxygen atoms in total. The van der Waals surface area contributed by atoms with E-state index in [1.54, 1.807) is 12.1 Å². The molecule has 2 atom stereocenters. The molecule has 9 heteroatoms. The molecule has 184 valence electrons. The topological polar surface area (TPSA) is 73.1 Å². The van der Waals surface area contributed by atoms with Crippen LogP contribution >= 0.6 is 0 Å². The number of likely N-dealkylation sites (tertiary alicyclic amines) is 1. The lowest BCUT2D eigenvalue weighted by Gasteiger charge is -2.46. The minimum Gasteiger partial charge on any atom is -0.488 e. The Bertz CT molecular complexity index is 1000. The molecule has 4 aliphatic rings. The molecule has 1 spiro atoms. The second kappa shape index (κ2) is 8.46. The molecule has 0 N–H and O–H groups in total. The molecule has 0 amide bonds. The smallest absolute Gasteiger partial charge is 0.318 e. The summed E-state index contributed by atoms with van der Waals surface area (Å²) >= 11 is 0. The number of hydrogen-bond donors (Lipinski definition) is 0. The van der Waals surface area contributed by atoms with Gasteiger partial charge in [0.1, 0.15) is 23.3 Å². The highest BCUT2D eigenvalue weighted by molar-refractivity contribution is 5.38. The monoisotopic (exact) mass is 472 g/mol. The molecule has 34 heavy (non-hydrogen) atoms. The zero-order valence-electron chi connectivity index (χ0n) is 19.9. The normalized spacial score (nSPS) is 29.0. The number of halogens is 1. The van der Waals surface area contributed by atoms with Crippen molar-refractivity contribution in [1.29, 1.82) is 0 Å². The van der Waals surface area contributed by atoms with Crippen LogP contribution in [0, 0.1) is 5.82 Å². The molecule has 1 aromatic carbocycles. The molecule has 2 aromatic rings. The Hall–Kier alpha value is -2.23. The Morgan fingerprint density at radius 3 is 2.62 bits per heavy atom. The average molecular weight is 473 g/mol. The van der Waals surface area contributed by atoms with Crippen LogP contribution in [-0.4, -0.2) is 77.8 Å². The summed E-state index contributed by atoms with van der Waals surface area (Å²) in [6.07, 6.45) is 5.22. The van der Waals surface area contributed by atoms with Gasteiger partial charge in [0.05, 0.1) is 31.9 Å². The Kier molecular flexibility index (Phi) is 5.54. The molecule has 0 saturated carbocycles. The first-order chi connectivity index (χ1) is 16.4. The van der Waals surface area contributed by atoms with Crippen molar-refractivity contribution in [2.45, 2.75) is 68.8 Å². The number of rotatable bonds is 5. The Morgan fingerprint density at radius 1 is 1.09 bits per heavy atom. The first-order valence-electron chi connectivity index (χ1n) is 12.4. The first kappa shape index (κ1) is 22.2. The molecule has 0 radical (unpaired) electrons. The fraction of sp³-hybridized carbons (Fsp3) is 0.680. The third-order valence-electron chi connectivity index (χ3n) is 7.90. The van der Waals surface area contributed by atoms with Crippen LogP contribution in [0.3, 0.4) is 0 Å². The fourth-order valence-electron chi connectivity index (χ4n) is 6.13. The predicted octanol–water partition coefficient (Wildman–Crippen LogP) is 3.38. The summed E-state index contributed by atoms with van der Waals surface area (Å²) < 4.78 is 37.9. The second-order valence-corrected chi connectivity index (χ2v) is 10.9. The van der Waals surface area contributed by atoms with Gasteiger partial charge in [-0.2, -0.15) is 0 Å². The summed E-state index contributed by atoms with van der Waals surface area (Å²) in [5.74, 6) is 0.907. The van der Waals surface area contributed by atoms with E-state index in [1.165, 1.54) is 12.5 Å². The van der Waals surface area contributed by atoms with E-state index in [0.717, 1.165) is 69.8 Å².